The second kappa shape index (κ2) is 23.1. The lowest BCUT2D eigenvalue weighted by molar-refractivity contribution is 0.0420. The third-order valence-electron chi connectivity index (χ3n) is 11.9. The fraction of sp³-hybridized carbons (Fsp3) is 0.617. The second-order valence-corrected chi connectivity index (χ2v) is 23.0. The zero-order chi connectivity index (χ0) is 46.9. The minimum absolute atomic E-state index is 0.0352. The van der Waals surface area contributed by atoms with Gasteiger partial charge in [-0.05, 0) is 99.4 Å². The normalized spacial score (nSPS) is 18.3. The molecule has 18 heteroatoms. The van der Waals surface area contributed by atoms with Gasteiger partial charge in [0.25, 0.3) is 11.8 Å². The third kappa shape index (κ3) is 14.1. The van der Waals surface area contributed by atoms with Gasteiger partial charge in [0, 0.05) is 70.6 Å². The summed E-state index contributed by atoms with van der Waals surface area (Å²) in [6.45, 7) is 17.2. The maximum Gasteiger partial charge on any atom is 0.320 e. The Hall–Kier alpha value is -3.31. The zero-order valence-electron chi connectivity index (χ0n) is 38.6. The Morgan fingerprint density at radius 3 is 1.52 bits per heavy atom. The van der Waals surface area contributed by atoms with Crippen molar-refractivity contribution in [1.82, 2.24) is 34.3 Å². The van der Waals surface area contributed by atoms with Crippen LogP contribution in [0.1, 0.15) is 134 Å². The van der Waals surface area contributed by atoms with Crippen molar-refractivity contribution in [2.75, 3.05) is 59.2 Å². The molecule has 3 saturated heterocycles. The van der Waals surface area contributed by atoms with Gasteiger partial charge in [-0.1, -0.05) is 77.6 Å². The predicted molar refractivity (Wildman–Crippen MR) is 259 cm³/mol. The van der Waals surface area contributed by atoms with Crippen LogP contribution in [0.5, 0.6) is 0 Å². The molecule has 3 aliphatic heterocycles. The first-order valence-electron chi connectivity index (χ1n) is 22.8. The number of rotatable bonds is 8. The number of halogens is 3. The quantitative estimate of drug-likeness (QED) is 0.126. The van der Waals surface area contributed by atoms with E-state index in [1.54, 1.807) is 36.9 Å². The minimum Gasteiger partial charge on any atom is -0.378 e. The Morgan fingerprint density at radius 2 is 1.09 bits per heavy atom. The summed E-state index contributed by atoms with van der Waals surface area (Å²) in [6.07, 6.45) is 9.92. The van der Waals surface area contributed by atoms with Gasteiger partial charge in [0.1, 0.15) is 0 Å². The summed E-state index contributed by atoms with van der Waals surface area (Å²) in [4.78, 5) is 57.4. The maximum atomic E-state index is 13.2. The Morgan fingerprint density at radius 1 is 0.631 bits per heavy atom. The number of thiophene rings is 2. The molecule has 4 aromatic rings. The first kappa shape index (κ1) is 51.1. The van der Waals surface area contributed by atoms with Crippen LogP contribution >= 0.6 is 57.5 Å². The molecule has 1 atom stereocenters. The number of hydrogen-bond acceptors (Lipinski definition) is 10. The highest BCUT2D eigenvalue weighted by Gasteiger charge is 2.37. The summed E-state index contributed by atoms with van der Waals surface area (Å²) in [6, 6.07) is 12.1. The molecule has 4 fully saturated rings. The van der Waals surface area contributed by atoms with E-state index in [1.165, 1.54) is 35.4 Å². The summed E-state index contributed by atoms with van der Waals surface area (Å²) < 4.78 is 15.2. The molecule has 7 heterocycles. The number of carbonyl (C=O) groups is 4. The van der Waals surface area contributed by atoms with E-state index in [9.17, 15) is 19.2 Å². The Labute approximate surface area is 406 Å². The number of hydrogen-bond donors (Lipinski definition) is 0. The van der Waals surface area contributed by atoms with E-state index < -0.39 is 10.8 Å². The summed E-state index contributed by atoms with van der Waals surface area (Å²) in [7, 11) is 0. The van der Waals surface area contributed by atoms with E-state index >= 15 is 0 Å². The van der Waals surface area contributed by atoms with Crippen LogP contribution in [0.2, 0.25) is 8.67 Å². The number of morpholine rings is 2. The minimum atomic E-state index is -0.552. The van der Waals surface area contributed by atoms with Crippen LogP contribution in [0.4, 0.5) is 9.59 Å². The number of nitrogens with zero attached hydrogens (tertiary/aromatic N) is 7. The van der Waals surface area contributed by atoms with Crippen LogP contribution in [0, 0.1) is 10.8 Å². The van der Waals surface area contributed by atoms with Crippen molar-refractivity contribution >= 4 is 80.7 Å². The van der Waals surface area contributed by atoms with E-state index in [1.807, 2.05) is 75.6 Å². The molecule has 65 heavy (non-hydrogen) atoms. The lowest BCUT2D eigenvalue weighted by atomic mass is 9.95. The van der Waals surface area contributed by atoms with Gasteiger partial charge >= 0.3 is 11.4 Å². The van der Waals surface area contributed by atoms with E-state index in [2.05, 4.69) is 12.1 Å². The molecule has 1 saturated carbocycles. The summed E-state index contributed by atoms with van der Waals surface area (Å²) >= 11 is 20.5. The molecule has 356 valence electrons. The largest absolute Gasteiger partial charge is 0.378 e. The summed E-state index contributed by atoms with van der Waals surface area (Å²) in [5.41, 5.74) is 2.84. The van der Waals surface area contributed by atoms with Crippen molar-refractivity contribution in [3.05, 3.63) is 77.6 Å². The van der Waals surface area contributed by atoms with Crippen molar-refractivity contribution in [3.63, 3.8) is 0 Å². The smallest absolute Gasteiger partial charge is 0.320 e. The van der Waals surface area contributed by atoms with Crippen molar-refractivity contribution in [2.45, 2.75) is 118 Å². The number of carbonyl (C=O) groups excluding carboxylic acids is 4. The fourth-order valence-electron chi connectivity index (χ4n) is 8.26. The summed E-state index contributed by atoms with van der Waals surface area (Å²) in [5, 5.41) is 9.11. The number of aryl methyl sites for hydroxylation is 4. The average Bonchev–Trinajstić information content (AvgIpc) is 4.15. The van der Waals surface area contributed by atoms with Crippen molar-refractivity contribution < 1.29 is 28.7 Å². The highest BCUT2D eigenvalue weighted by Crippen LogP contribution is 2.36. The average molecular weight is 994 g/mol. The molecule has 0 aromatic carbocycles. The molecule has 13 nitrogen and oxygen atoms in total. The van der Waals surface area contributed by atoms with Gasteiger partial charge in [-0.25, -0.2) is 14.2 Å². The van der Waals surface area contributed by atoms with E-state index in [-0.39, 0.29) is 29.3 Å². The van der Waals surface area contributed by atoms with E-state index in [0.29, 0.717) is 71.5 Å². The molecular formula is C47H64Cl3N7O6S2. The molecule has 8 rings (SSSR count). The third-order valence-corrected chi connectivity index (χ3v) is 14.8. The van der Waals surface area contributed by atoms with Crippen LogP contribution in [-0.2, 0) is 35.2 Å². The first-order chi connectivity index (χ1) is 30.9. The first-order valence-corrected chi connectivity index (χ1v) is 25.6. The van der Waals surface area contributed by atoms with Gasteiger partial charge in [-0.3, -0.25) is 14.4 Å². The number of ether oxygens (including phenoxy) is 2. The number of aromatic nitrogens is 4. The fourth-order valence-corrected chi connectivity index (χ4v) is 10.6. The molecule has 0 N–H and O–H groups in total. The molecule has 1 aliphatic carbocycles. The van der Waals surface area contributed by atoms with Gasteiger partial charge in [0.2, 0.25) is 0 Å². The molecule has 0 bridgehead atoms. The topological polar surface area (TPSA) is 132 Å². The van der Waals surface area contributed by atoms with E-state index in [4.69, 9.17) is 54.5 Å². The molecule has 4 aliphatic rings. The van der Waals surface area contributed by atoms with Crippen LogP contribution in [0.25, 0.3) is 0 Å². The van der Waals surface area contributed by atoms with Crippen LogP contribution < -0.4 is 0 Å². The van der Waals surface area contributed by atoms with Gasteiger partial charge in [0.15, 0.2) is 0 Å². The molecule has 1 unspecified atom stereocenters. The summed E-state index contributed by atoms with van der Waals surface area (Å²) in [5.74, 6) is 0.562. The SMILES string of the molecule is CC(C)(C)C(=O)n1nc(C2CCCC2)cc1CCc1ccc(Cl)s1.CC(C)(C)C(=O)n1nc(C2CCCN2C(=O)N2CCOCC2)cc1CCc1ccc(Cl)s1.O=C(Cl)N1CCOCC1. The Bertz CT molecular complexity index is 2220. The number of urea groups is 1. The Balaban J connectivity index is 0.000000186. The van der Waals surface area contributed by atoms with Crippen molar-refractivity contribution in [1.29, 1.82) is 0 Å². The zero-order valence-corrected chi connectivity index (χ0v) is 42.5. The van der Waals surface area contributed by atoms with Crippen molar-refractivity contribution in [2.24, 2.45) is 10.8 Å². The molecule has 0 spiro atoms. The standard InChI is InChI=1S/C23H31ClN4O3S.C19H25ClN2OS.C5H8ClNO2/c1-23(2,3)21(29)28-16(6-7-17-8-9-20(24)32-17)15-18(25-28)19-5-4-10-27(19)22(30)26-11-13-31-14-12-26;1-19(2,3)18(23)22-14(8-9-15-10-11-17(20)24-15)12-16(21-22)13-6-4-5-7-13;6-5(8)7-1-3-9-4-2-7/h8-9,15,19H,4-7,10-14H2,1-3H3;10-13H,4-9H2,1-3H3;1-4H2. The molecule has 3 amide bonds. The van der Waals surface area contributed by atoms with Crippen LogP contribution in [-0.4, -0.2) is 117 Å². The van der Waals surface area contributed by atoms with Gasteiger partial charge < -0.3 is 24.2 Å². The van der Waals surface area contributed by atoms with Crippen molar-refractivity contribution in [3.8, 4) is 0 Å². The van der Waals surface area contributed by atoms with Gasteiger partial charge in [-0.15, -0.1) is 22.7 Å². The van der Waals surface area contributed by atoms with Gasteiger partial charge in [0.05, 0.1) is 52.5 Å². The molecular weight excluding hydrogens is 929 g/mol. The van der Waals surface area contributed by atoms with Gasteiger partial charge in [-0.2, -0.15) is 10.2 Å². The molecule has 4 aromatic heterocycles. The highest BCUT2D eigenvalue weighted by atomic mass is 35.5. The van der Waals surface area contributed by atoms with Crippen LogP contribution in [0.3, 0.4) is 0 Å². The lowest BCUT2D eigenvalue weighted by Crippen LogP contribution is -2.47. The second-order valence-electron chi connectivity index (χ2n) is 19.0. The predicted octanol–water partition coefficient (Wildman–Crippen LogP) is 11.1. The van der Waals surface area contributed by atoms with E-state index in [0.717, 1.165) is 63.6 Å². The maximum absolute atomic E-state index is 13.2. The molecule has 0 radical (unpaired) electrons. The van der Waals surface area contributed by atoms with Crippen LogP contribution in [0.15, 0.2) is 36.4 Å². The number of likely N-dealkylation sites (tertiary alicyclic amines) is 1. The monoisotopic (exact) mass is 991 g/mol. The number of amides is 3. The highest BCUT2D eigenvalue weighted by molar-refractivity contribution is 7.16. The lowest BCUT2D eigenvalue weighted by Gasteiger charge is -2.33. The Kier molecular flexibility index (Phi) is 18.2.